The highest BCUT2D eigenvalue weighted by Crippen LogP contribution is 2.21. The fourth-order valence-electron chi connectivity index (χ4n) is 1.75. The first-order chi connectivity index (χ1) is 8.81. The molecular formula is C15H21NO2. The first-order valence-electron chi connectivity index (χ1n) is 6.31. The Labute approximate surface area is 109 Å². The maximum absolute atomic E-state index is 10.7. The highest BCUT2D eigenvalue weighted by Gasteiger charge is 2.00. The molecule has 1 rings (SSSR count). The molecule has 2 N–H and O–H groups in total. The topological polar surface area (TPSA) is 52.3 Å². The third-order valence-corrected chi connectivity index (χ3v) is 2.76. The van der Waals surface area contributed by atoms with Crippen molar-refractivity contribution in [3.63, 3.8) is 0 Å². The number of aldehydes is 1. The molecule has 0 saturated carbocycles. The van der Waals surface area contributed by atoms with Gasteiger partial charge in [-0.2, -0.15) is 0 Å². The van der Waals surface area contributed by atoms with E-state index in [2.05, 4.69) is 6.08 Å². The Hall–Kier alpha value is -1.61. The molecule has 0 saturated heterocycles. The quantitative estimate of drug-likeness (QED) is 0.567. The number of nitrogens with two attached hydrogens (primary N) is 1. The summed E-state index contributed by atoms with van der Waals surface area (Å²) < 4.78 is 5.26. The number of ether oxygens (including phenoxy) is 1. The molecule has 0 aliphatic rings. The second-order valence-corrected chi connectivity index (χ2v) is 4.16. The normalized spacial score (nSPS) is 10.8. The summed E-state index contributed by atoms with van der Waals surface area (Å²) >= 11 is 0. The molecule has 0 aliphatic carbocycles. The van der Waals surface area contributed by atoms with Crippen molar-refractivity contribution in [3.05, 3.63) is 35.4 Å². The lowest BCUT2D eigenvalue weighted by Crippen LogP contribution is -1.97. The van der Waals surface area contributed by atoms with Crippen molar-refractivity contribution in [2.24, 2.45) is 5.73 Å². The molecule has 1 aromatic rings. The van der Waals surface area contributed by atoms with Gasteiger partial charge in [-0.3, -0.25) is 4.79 Å². The highest BCUT2D eigenvalue weighted by atomic mass is 16.5. The summed E-state index contributed by atoms with van der Waals surface area (Å²) in [5, 5.41) is 0. The van der Waals surface area contributed by atoms with Gasteiger partial charge in [0.15, 0.2) is 0 Å². The molecule has 98 valence electrons. The molecule has 0 heterocycles. The van der Waals surface area contributed by atoms with Crippen LogP contribution in [0.1, 0.15) is 41.6 Å². The zero-order valence-corrected chi connectivity index (χ0v) is 10.9. The number of benzene rings is 1. The summed E-state index contributed by atoms with van der Waals surface area (Å²) in [6.07, 6.45) is 9.37. The molecule has 1 aromatic carbocycles. The number of hydrogen-bond donors (Lipinski definition) is 1. The van der Waals surface area contributed by atoms with E-state index in [-0.39, 0.29) is 0 Å². The molecule has 0 aliphatic heterocycles. The van der Waals surface area contributed by atoms with Crippen LogP contribution in [0.5, 0.6) is 5.75 Å². The zero-order valence-electron chi connectivity index (χ0n) is 10.9. The Bertz CT molecular complexity index is 399. The molecule has 3 heteroatoms. The first kappa shape index (κ1) is 14.5. The lowest BCUT2D eigenvalue weighted by molar-refractivity contribution is 0.112. The third kappa shape index (κ3) is 4.72. The van der Waals surface area contributed by atoms with E-state index in [4.69, 9.17) is 10.5 Å². The second kappa shape index (κ2) is 8.48. The second-order valence-electron chi connectivity index (χ2n) is 4.16. The standard InChI is InChI=1S/C15H21NO2/c1-18-15-9-8-13(12-17)11-14(15)7-5-3-2-4-6-10-16/h5,7-9,11-12H,2-4,6,10,16H2,1H3/b7-5+. The molecule has 0 spiro atoms. The third-order valence-electron chi connectivity index (χ3n) is 2.76. The number of carbonyl (C=O) groups excluding carboxylic acids is 1. The van der Waals surface area contributed by atoms with Crippen LogP contribution in [0.15, 0.2) is 24.3 Å². The SMILES string of the molecule is COc1ccc(C=O)cc1/C=C/CCCCCN. The van der Waals surface area contributed by atoms with Crippen LogP contribution in [0.3, 0.4) is 0 Å². The van der Waals surface area contributed by atoms with E-state index in [1.807, 2.05) is 18.2 Å². The summed E-state index contributed by atoms with van der Waals surface area (Å²) in [6.45, 7) is 0.763. The fourth-order valence-corrected chi connectivity index (χ4v) is 1.75. The lowest BCUT2D eigenvalue weighted by atomic mass is 10.1. The number of methoxy groups -OCH3 is 1. The molecule has 0 bridgehead atoms. The summed E-state index contributed by atoms with van der Waals surface area (Å²) in [7, 11) is 1.63. The first-order valence-corrected chi connectivity index (χ1v) is 6.31. The van der Waals surface area contributed by atoms with Crippen LogP contribution in [-0.4, -0.2) is 19.9 Å². The van der Waals surface area contributed by atoms with E-state index >= 15 is 0 Å². The van der Waals surface area contributed by atoms with Crippen LogP contribution in [0.4, 0.5) is 0 Å². The molecule has 0 atom stereocenters. The van der Waals surface area contributed by atoms with Crippen molar-refractivity contribution in [1.29, 1.82) is 0 Å². The summed E-state index contributed by atoms with van der Waals surface area (Å²) in [5.74, 6) is 0.791. The number of carbonyl (C=O) groups is 1. The number of unbranched alkanes of at least 4 members (excludes halogenated alkanes) is 3. The predicted octanol–water partition coefficient (Wildman–Crippen LogP) is 3.04. The Morgan fingerprint density at radius 1 is 1.28 bits per heavy atom. The van der Waals surface area contributed by atoms with Crippen molar-refractivity contribution >= 4 is 12.4 Å². The largest absolute Gasteiger partial charge is 0.496 e. The van der Waals surface area contributed by atoms with Gasteiger partial charge in [-0.1, -0.05) is 18.6 Å². The molecule has 0 aromatic heterocycles. The molecule has 18 heavy (non-hydrogen) atoms. The smallest absolute Gasteiger partial charge is 0.150 e. The maximum Gasteiger partial charge on any atom is 0.150 e. The summed E-state index contributed by atoms with van der Waals surface area (Å²) in [6, 6.07) is 5.41. The average Bonchev–Trinajstić information content (AvgIpc) is 2.42. The van der Waals surface area contributed by atoms with Gasteiger partial charge >= 0.3 is 0 Å². The van der Waals surface area contributed by atoms with E-state index in [0.717, 1.165) is 49.8 Å². The maximum atomic E-state index is 10.7. The van der Waals surface area contributed by atoms with Crippen molar-refractivity contribution in [2.75, 3.05) is 13.7 Å². The van der Waals surface area contributed by atoms with Crippen LogP contribution in [-0.2, 0) is 0 Å². The average molecular weight is 247 g/mol. The van der Waals surface area contributed by atoms with Gasteiger partial charge in [-0.25, -0.2) is 0 Å². The van der Waals surface area contributed by atoms with Crippen LogP contribution in [0.25, 0.3) is 6.08 Å². The monoisotopic (exact) mass is 247 g/mol. The minimum absolute atomic E-state index is 0.665. The van der Waals surface area contributed by atoms with Gasteiger partial charge in [0, 0.05) is 11.1 Å². The number of rotatable bonds is 8. The highest BCUT2D eigenvalue weighted by molar-refractivity contribution is 5.77. The van der Waals surface area contributed by atoms with Crippen LogP contribution in [0.2, 0.25) is 0 Å². The molecule has 3 nitrogen and oxygen atoms in total. The number of hydrogen-bond acceptors (Lipinski definition) is 3. The van der Waals surface area contributed by atoms with E-state index < -0.39 is 0 Å². The van der Waals surface area contributed by atoms with Crippen molar-refractivity contribution in [2.45, 2.75) is 25.7 Å². The Kier molecular flexibility index (Phi) is 6.81. The lowest BCUT2D eigenvalue weighted by Gasteiger charge is -2.05. The Morgan fingerprint density at radius 2 is 2.11 bits per heavy atom. The van der Waals surface area contributed by atoms with E-state index in [0.29, 0.717) is 5.56 Å². The van der Waals surface area contributed by atoms with E-state index in [1.165, 1.54) is 0 Å². The van der Waals surface area contributed by atoms with Crippen LogP contribution < -0.4 is 10.5 Å². The molecule has 0 fully saturated rings. The van der Waals surface area contributed by atoms with E-state index in [1.54, 1.807) is 13.2 Å². The minimum atomic E-state index is 0.665. The molecule has 0 amide bonds. The molecular weight excluding hydrogens is 226 g/mol. The van der Waals surface area contributed by atoms with E-state index in [9.17, 15) is 4.79 Å². The zero-order chi connectivity index (χ0) is 13.2. The number of allylic oxidation sites excluding steroid dienone is 1. The summed E-state index contributed by atoms with van der Waals surface area (Å²) in [4.78, 5) is 10.7. The van der Waals surface area contributed by atoms with Gasteiger partial charge in [0.25, 0.3) is 0 Å². The van der Waals surface area contributed by atoms with Gasteiger partial charge in [0.05, 0.1) is 7.11 Å². The van der Waals surface area contributed by atoms with Gasteiger partial charge in [-0.05, 0) is 44.0 Å². The molecule has 0 radical (unpaired) electrons. The van der Waals surface area contributed by atoms with Gasteiger partial charge in [0.1, 0.15) is 12.0 Å². The fraction of sp³-hybridized carbons (Fsp3) is 0.400. The van der Waals surface area contributed by atoms with Gasteiger partial charge < -0.3 is 10.5 Å². The van der Waals surface area contributed by atoms with Crippen LogP contribution in [0, 0.1) is 0 Å². The van der Waals surface area contributed by atoms with Crippen molar-refractivity contribution < 1.29 is 9.53 Å². The van der Waals surface area contributed by atoms with Gasteiger partial charge in [-0.15, -0.1) is 0 Å². The predicted molar refractivity (Wildman–Crippen MR) is 74.9 cm³/mol. The molecule has 0 unspecified atom stereocenters. The Morgan fingerprint density at radius 3 is 2.78 bits per heavy atom. The van der Waals surface area contributed by atoms with Crippen molar-refractivity contribution in [3.8, 4) is 5.75 Å². The summed E-state index contributed by atoms with van der Waals surface area (Å²) in [5.41, 5.74) is 7.05. The minimum Gasteiger partial charge on any atom is -0.496 e. The van der Waals surface area contributed by atoms with Gasteiger partial charge in [0.2, 0.25) is 0 Å². The van der Waals surface area contributed by atoms with Crippen LogP contribution >= 0.6 is 0 Å². The Balaban J connectivity index is 2.58. The van der Waals surface area contributed by atoms with Crippen molar-refractivity contribution in [1.82, 2.24) is 0 Å².